The number of fused-ring (bicyclic) bond motifs is 4. The van der Waals surface area contributed by atoms with Crippen LogP contribution in [0.25, 0.3) is 0 Å². The van der Waals surface area contributed by atoms with Crippen molar-refractivity contribution in [3.8, 4) is 0 Å². The van der Waals surface area contributed by atoms with Crippen molar-refractivity contribution in [3.63, 3.8) is 0 Å². The second-order valence-corrected chi connectivity index (χ2v) is 10.7. The van der Waals surface area contributed by atoms with Crippen molar-refractivity contribution >= 4 is 11.6 Å². The fourth-order valence-electron chi connectivity index (χ4n) is 7.86. The monoisotopic (exact) mass is 414 g/mol. The average Bonchev–Trinajstić information content (AvgIpc) is 3.05. The summed E-state index contributed by atoms with van der Waals surface area (Å²) >= 11 is 0. The summed E-state index contributed by atoms with van der Waals surface area (Å²) in [7, 11) is 0. The lowest BCUT2D eigenvalue weighted by atomic mass is 9.51. The fourth-order valence-corrected chi connectivity index (χ4v) is 7.86. The molecule has 0 aromatic heterocycles. The van der Waals surface area contributed by atoms with Gasteiger partial charge in [-0.3, -0.25) is 9.59 Å². The maximum atomic E-state index is 12.9. The highest BCUT2D eigenvalue weighted by Gasteiger charge is 2.60. The number of allylic oxidation sites excluding steroid dienone is 5. The number of hydrogen-bond acceptors (Lipinski definition) is 2. The highest BCUT2D eigenvalue weighted by Crippen LogP contribution is 2.67. The van der Waals surface area contributed by atoms with Gasteiger partial charge in [-0.05, 0) is 91.9 Å². The lowest BCUT2D eigenvalue weighted by molar-refractivity contribution is -0.126. The van der Waals surface area contributed by atoms with Crippen LogP contribution in [0.2, 0.25) is 0 Å². The number of rotatable bonds is 3. The summed E-state index contributed by atoms with van der Waals surface area (Å²) in [4.78, 5) is 25.0. The first-order chi connectivity index (χ1) is 14.8. The minimum atomic E-state index is 0.000668. The van der Waals surface area contributed by atoms with Gasteiger partial charge < -0.3 is 0 Å². The molecule has 4 aliphatic carbocycles. The van der Waals surface area contributed by atoms with E-state index in [-0.39, 0.29) is 23.0 Å². The van der Waals surface area contributed by atoms with Gasteiger partial charge in [-0.2, -0.15) is 0 Å². The molecule has 0 saturated heterocycles. The van der Waals surface area contributed by atoms with E-state index in [0.717, 1.165) is 32.1 Å². The number of carbonyl (C=O) groups excluding carboxylic acids is 2. The zero-order chi connectivity index (χ0) is 21.9. The molecular weight excluding hydrogens is 380 g/mol. The van der Waals surface area contributed by atoms with Crippen LogP contribution in [0.5, 0.6) is 0 Å². The summed E-state index contributed by atoms with van der Waals surface area (Å²) in [5, 5.41) is 0. The molecule has 0 heterocycles. The molecule has 6 atom stereocenters. The Hall–Kier alpha value is -2.22. The smallest absolute Gasteiger partial charge is 0.156 e. The van der Waals surface area contributed by atoms with Crippen LogP contribution in [0.3, 0.4) is 0 Å². The molecule has 2 heteroatoms. The second kappa shape index (κ2) is 7.43. The number of benzene rings is 1. The van der Waals surface area contributed by atoms with Crippen LogP contribution < -0.4 is 0 Å². The van der Waals surface area contributed by atoms with Gasteiger partial charge in [0.15, 0.2) is 5.78 Å². The van der Waals surface area contributed by atoms with Crippen molar-refractivity contribution in [1.29, 1.82) is 0 Å². The first kappa shape index (κ1) is 20.7. The predicted octanol–water partition coefficient (Wildman–Crippen LogP) is 6.51. The largest absolute Gasteiger partial charge is 0.300 e. The third kappa shape index (κ3) is 3.13. The van der Waals surface area contributed by atoms with Gasteiger partial charge in [0, 0.05) is 18.3 Å². The van der Waals surface area contributed by atoms with E-state index >= 15 is 0 Å². The van der Waals surface area contributed by atoms with E-state index in [4.69, 9.17) is 0 Å². The molecule has 0 aliphatic heterocycles. The van der Waals surface area contributed by atoms with Crippen LogP contribution >= 0.6 is 0 Å². The minimum absolute atomic E-state index is 0.000668. The molecule has 0 spiro atoms. The summed E-state index contributed by atoms with van der Waals surface area (Å²) in [6.07, 6.45) is 9.72. The molecule has 0 bridgehead atoms. The van der Waals surface area contributed by atoms with Gasteiger partial charge in [0.25, 0.3) is 0 Å². The lowest BCUT2D eigenvalue weighted by Gasteiger charge is -2.52. The van der Waals surface area contributed by atoms with Gasteiger partial charge in [-0.25, -0.2) is 0 Å². The summed E-state index contributed by atoms with van der Waals surface area (Å²) in [5.74, 6) is 2.33. The van der Waals surface area contributed by atoms with E-state index in [1.54, 1.807) is 12.5 Å². The third-order valence-electron chi connectivity index (χ3n) is 9.05. The molecule has 2 nitrogen and oxygen atoms in total. The molecule has 0 radical (unpaired) electrons. The molecule has 2 fully saturated rings. The number of Topliss-reactive ketones (excluding diaryl/α,β-unsaturated/α-hetero) is 1. The Morgan fingerprint density at radius 1 is 1.16 bits per heavy atom. The molecule has 31 heavy (non-hydrogen) atoms. The Labute approximate surface area is 186 Å². The summed E-state index contributed by atoms with van der Waals surface area (Å²) in [6, 6.07) is 9.03. The first-order valence-corrected chi connectivity index (χ1v) is 12.0. The molecule has 0 amide bonds. The van der Waals surface area contributed by atoms with Gasteiger partial charge >= 0.3 is 0 Å². The molecule has 0 N–H and O–H groups in total. The topological polar surface area (TPSA) is 34.1 Å². The molecule has 1 aromatic carbocycles. The molecule has 5 rings (SSSR count). The molecule has 1 aromatic rings. The van der Waals surface area contributed by atoms with Crippen molar-refractivity contribution in [2.24, 2.45) is 29.1 Å². The van der Waals surface area contributed by atoms with Crippen molar-refractivity contribution < 1.29 is 9.59 Å². The molecule has 4 unspecified atom stereocenters. The summed E-state index contributed by atoms with van der Waals surface area (Å²) in [5.41, 5.74) is 7.03. The van der Waals surface area contributed by atoms with E-state index in [1.807, 2.05) is 6.08 Å². The van der Waals surface area contributed by atoms with Crippen LogP contribution in [-0.4, -0.2) is 11.6 Å². The van der Waals surface area contributed by atoms with Crippen molar-refractivity contribution in [2.45, 2.75) is 65.2 Å². The Morgan fingerprint density at radius 3 is 2.58 bits per heavy atom. The SMILES string of the molecule is C=C[C@@H]1CC2C3CCC4=CC(=O)CCC4=C3[C@@H](c3ccc(C)cc3)CC2(C)C1C(C)=O. The van der Waals surface area contributed by atoms with Crippen LogP contribution in [0.4, 0.5) is 0 Å². The van der Waals surface area contributed by atoms with Gasteiger partial charge in [0.2, 0.25) is 0 Å². The van der Waals surface area contributed by atoms with Gasteiger partial charge in [0.1, 0.15) is 5.78 Å². The zero-order valence-electron chi connectivity index (χ0n) is 19.1. The number of aryl methyl sites for hydroxylation is 1. The van der Waals surface area contributed by atoms with Gasteiger partial charge in [-0.1, -0.05) is 48.4 Å². The Balaban J connectivity index is 1.69. The molecule has 2 saturated carbocycles. The van der Waals surface area contributed by atoms with Crippen LogP contribution in [0.1, 0.15) is 69.4 Å². The minimum Gasteiger partial charge on any atom is -0.300 e. The van der Waals surface area contributed by atoms with E-state index in [9.17, 15) is 9.59 Å². The normalized spacial score (nSPS) is 36.9. The highest BCUT2D eigenvalue weighted by molar-refractivity contribution is 5.93. The quantitative estimate of drug-likeness (QED) is 0.528. The lowest BCUT2D eigenvalue weighted by Crippen LogP contribution is -2.45. The first-order valence-electron chi connectivity index (χ1n) is 12.0. The maximum absolute atomic E-state index is 12.9. The Kier molecular flexibility index (Phi) is 4.95. The second-order valence-electron chi connectivity index (χ2n) is 10.7. The standard InChI is InChI=1S/C29H34O2/c1-5-19-15-26-24-12-10-21-14-22(31)11-13-23(21)27(24)25(20-8-6-17(2)7-9-20)16-29(26,4)28(19)18(3)30/h5-9,14,19,24-26,28H,1,10-13,15-16H2,2-4H3/t19-,24?,25-,26?,28?,29?/m1/s1. The molecule has 4 aliphatic rings. The number of carbonyl (C=O) groups is 2. The van der Waals surface area contributed by atoms with Gasteiger partial charge in [-0.15, -0.1) is 6.58 Å². The van der Waals surface area contributed by atoms with Crippen LogP contribution in [0.15, 0.2) is 59.7 Å². The predicted molar refractivity (Wildman–Crippen MR) is 125 cm³/mol. The Bertz CT molecular complexity index is 1010. The fraction of sp³-hybridized carbons (Fsp3) is 0.517. The Morgan fingerprint density at radius 2 is 1.90 bits per heavy atom. The molecule has 162 valence electrons. The number of hydrogen-bond donors (Lipinski definition) is 0. The zero-order valence-corrected chi connectivity index (χ0v) is 19.1. The van der Waals surface area contributed by atoms with Crippen LogP contribution in [0, 0.1) is 36.0 Å². The van der Waals surface area contributed by atoms with E-state index in [1.165, 1.54) is 22.3 Å². The van der Waals surface area contributed by atoms with E-state index < -0.39 is 0 Å². The number of ketones is 2. The summed E-state index contributed by atoms with van der Waals surface area (Å²) < 4.78 is 0. The molecular formula is C29H34O2. The maximum Gasteiger partial charge on any atom is 0.156 e. The van der Waals surface area contributed by atoms with Gasteiger partial charge in [0.05, 0.1) is 0 Å². The van der Waals surface area contributed by atoms with Crippen molar-refractivity contribution in [3.05, 3.63) is 70.8 Å². The van der Waals surface area contributed by atoms with E-state index in [2.05, 4.69) is 50.8 Å². The summed E-state index contributed by atoms with van der Waals surface area (Å²) in [6.45, 7) is 10.4. The van der Waals surface area contributed by atoms with Crippen molar-refractivity contribution in [2.75, 3.05) is 0 Å². The van der Waals surface area contributed by atoms with E-state index in [0.29, 0.717) is 30.0 Å². The third-order valence-corrected chi connectivity index (χ3v) is 9.05. The average molecular weight is 415 g/mol. The highest BCUT2D eigenvalue weighted by atomic mass is 16.1. The van der Waals surface area contributed by atoms with Crippen molar-refractivity contribution in [1.82, 2.24) is 0 Å². The van der Waals surface area contributed by atoms with Crippen LogP contribution in [-0.2, 0) is 9.59 Å².